The number of ether oxygens (including phenoxy) is 2. The van der Waals surface area contributed by atoms with E-state index >= 15 is 0 Å². The molecule has 6 heteroatoms. The third-order valence-electron chi connectivity index (χ3n) is 3.78. The van der Waals surface area contributed by atoms with Gasteiger partial charge in [0.25, 0.3) is 0 Å². The minimum absolute atomic E-state index is 0.0566. The molecule has 0 N–H and O–H groups in total. The average Bonchev–Trinajstić information content (AvgIpc) is 2.91. The van der Waals surface area contributed by atoms with Crippen molar-refractivity contribution in [2.45, 2.75) is 20.1 Å². The lowest BCUT2D eigenvalue weighted by Crippen LogP contribution is -2.22. The summed E-state index contributed by atoms with van der Waals surface area (Å²) >= 11 is 1.08. The fourth-order valence-corrected chi connectivity index (χ4v) is 3.16. The maximum absolute atomic E-state index is 11.9. The van der Waals surface area contributed by atoms with Crippen molar-refractivity contribution in [3.05, 3.63) is 62.7 Å². The molecule has 0 aliphatic rings. The second kappa shape index (κ2) is 6.88. The first-order chi connectivity index (χ1) is 11.6. The fraction of sp³-hybridized carbons (Fsp3) is 0.222. The zero-order chi connectivity index (χ0) is 17.1. The largest absolute Gasteiger partial charge is 0.497 e. The van der Waals surface area contributed by atoms with Crippen LogP contribution >= 0.6 is 11.3 Å². The number of carbonyl (C=O) groups is 1. The lowest BCUT2D eigenvalue weighted by atomic mass is 10.1. The second-order valence-electron chi connectivity index (χ2n) is 5.44. The topological polar surface area (TPSA) is 57.5 Å². The summed E-state index contributed by atoms with van der Waals surface area (Å²) in [6, 6.07) is 11.7. The lowest BCUT2D eigenvalue weighted by molar-refractivity contribution is -0.145. The van der Waals surface area contributed by atoms with E-state index < -0.39 is 5.97 Å². The van der Waals surface area contributed by atoms with Crippen molar-refractivity contribution in [2.75, 3.05) is 7.11 Å². The molecule has 1 aromatic heterocycles. The Morgan fingerprint density at radius 2 is 1.92 bits per heavy atom. The highest BCUT2D eigenvalue weighted by Gasteiger charge is 2.10. The van der Waals surface area contributed by atoms with Gasteiger partial charge in [-0.2, -0.15) is 0 Å². The molecule has 5 nitrogen and oxygen atoms in total. The fourth-order valence-electron chi connectivity index (χ4n) is 2.42. The Morgan fingerprint density at radius 3 is 2.62 bits per heavy atom. The predicted octanol–water partition coefficient (Wildman–Crippen LogP) is 3.12. The summed E-state index contributed by atoms with van der Waals surface area (Å²) in [5.74, 6) is 0.381. The summed E-state index contributed by atoms with van der Waals surface area (Å²) in [5.41, 5.74) is 1.66. The molecular formula is C18H17NO4S. The van der Waals surface area contributed by atoms with Crippen molar-refractivity contribution in [3.63, 3.8) is 0 Å². The van der Waals surface area contributed by atoms with Crippen LogP contribution in [0.5, 0.6) is 5.75 Å². The van der Waals surface area contributed by atoms with Gasteiger partial charge in [-0.05, 0) is 41.5 Å². The van der Waals surface area contributed by atoms with Crippen molar-refractivity contribution in [3.8, 4) is 5.75 Å². The van der Waals surface area contributed by atoms with Gasteiger partial charge in [-0.3, -0.25) is 14.2 Å². The number of esters is 1. The first-order valence-electron chi connectivity index (χ1n) is 7.44. The molecule has 0 aliphatic carbocycles. The van der Waals surface area contributed by atoms with Gasteiger partial charge < -0.3 is 9.47 Å². The molecule has 0 spiro atoms. The third-order valence-corrected chi connectivity index (χ3v) is 4.66. The van der Waals surface area contributed by atoms with Crippen LogP contribution in [0.15, 0.2) is 46.6 Å². The van der Waals surface area contributed by atoms with Crippen LogP contribution in [-0.4, -0.2) is 17.6 Å². The van der Waals surface area contributed by atoms with Gasteiger partial charge in [-0.25, -0.2) is 0 Å². The maximum atomic E-state index is 11.9. The van der Waals surface area contributed by atoms with Crippen molar-refractivity contribution in [1.29, 1.82) is 0 Å². The summed E-state index contributed by atoms with van der Waals surface area (Å²) in [4.78, 5) is 23.4. The standard InChI is InChI=1S/C18H17NO4S/c1-12-11-24-18(21)19(12)9-17(20)23-10-13-3-4-15-8-16(22-2)6-5-14(15)7-13/h3-8,11H,9-10H2,1-2H3. The summed E-state index contributed by atoms with van der Waals surface area (Å²) < 4.78 is 11.9. The third kappa shape index (κ3) is 3.49. The van der Waals surface area contributed by atoms with Crippen LogP contribution < -0.4 is 9.61 Å². The van der Waals surface area contributed by atoms with Crippen LogP contribution in [0.3, 0.4) is 0 Å². The highest BCUT2D eigenvalue weighted by molar-refractivity contribution is 7.07. The van der Waals surface area contributed by atoms with Crippen molar-refractivity contribution < 1.29 is 14.3 Å². The maximum Gasteiger partial charge on any atom is 0.326 e. The smallest absolute Gasteiger partial charge is 0.326 e. The molecule has 0 fully saturated rings. The van der Waals surface area contributed by atoms with Gasteiger partial charge in [0.05, 0.1) is 7.11 Å². The number of carbonyl (C=O) groups excluding carboxylic acids is 1. The monoisotopic (exact) mass is 343 g/mol. The van der Waals surface area contributed by atoms with E-state index in [1.807, 2.05) is 36.4 Å². The molecule has 124 valence electrons. The van der Waals surface area contributed by atoms with Crippen LogP contribution in [0.4, 0.5) is 0 Å². The Morgan fingerprint density at radius 1 is 1.17 bits per heavy atom. The zero-order valence-electron chi connectivity index (χ0n) is 13.4. The van der Waals surface area contributed by atoms with Crippen LogP contribution in [-0.2, 0) is 22.7 Å². The molecule has 0 amide bonds. The molecule has 0 atom stereocenters. The van der Waals surface area contributed by atoms with Gasteiger partial charge in [0.1, 0.15) is 18.9 Å². The molecule has 0 aliphatic heterocycles. The van der Waals surface area contributed by atoms with Crippen LogP contribution in [0.2, 0.25) is 0 Å². The Labute approximate surface area is 143 Å². The van der Waals surface area contributed by atoms with Gasteiger partial charge >= 0.3 is 10.8 Å². The summed E-state index contributed by atoms with van der Waals surface area (Å²) in [6.45, 7) is 1.92. The predicted molar refractivity (Wildman–Crippen MR) is 93.6 cm³/mol. The van der Waals surface area contributed by atoms with Crippen molar-refractivity contribution >= 4 is 28.1 Å². The summed E-state index contributed by atoms with van der Waals surface area (Å²) in [7, 11) is 1.63. The molecule has 3 aromatic rings. The highest BCUT2D eigenvalue weighted by Crippen LogP contribution is 2.22. The molecule has 0 radical (unpaired) electrons. The molecule has 3 rings (SSSR count). The van der Waals surface area contributed by atoms with E-state index in [0.717, 1.165) is 39.1 Å². The van der Waals surface area contributed by atoms with Gasteiger partial charge in [0.15, 0.2) is 0 Å². The normalized spacial score (nSPS) is 10.8. The molecule has 24 heavy (non-hydrogen) atoms. The number of methoxy groups -OCH3 is 1. The first-order valence-corrected chi connectivity index (χ1v) is 8.32. The SMILES string of the molecule is COc1ccc2cc(COC(=O)Cn3c(C)csc3=O)ccc2c1. The highest BCUT2D eigenvalue weighted by atomic mass is 32.1. The summed E-state index contributed by atoms with van der Waals surface area (Å²) in [6.07, 6.45) is 0. The van der Waals surface area contributed by atoms with E-state index in [2.05, 4.69) is 0 Å². The van der Waals surface area contributed by atoms with E-state index in [-0.39, 0.29) is 18.0 Å². The molecule has 0 bridgehead atoms. The van der Waals surface area contributed by atoms with Crippen LogP contribution in [0.25, 0.3) is 10.8 Å². The minimum atomic E-state index is -0.423. The van der Waals surface area contributed by atoms with Gasteiger partial charge in [-0.1, -0.05) is 29.5 Å². The van der Waals surface area contributed by atoms with Crippen LogP contribution in [0, 0.1) is 6.92 Å². The molecular weight excluding hydrogens is 326 g/mol. The van der Waals surface area contributed by atoms with Gasteiger partial charge in [-0.15, -0.1) is 0 Å². The number of thiazole rings is 1. The molecule has 0 saturated carbocycles. The Bertz CT molecular complexity index is 942. The van der Waals surface area contributed by atoms with Gasteiger partial charge in [0, 0.05) is 11.1 Å². The number of benzene rings is 2. The zero-order valence-corrected chi connectivity index (χ0v) is 14.3. The van der Waals surface area contributed by atoms with E-state index in [1.54, 1.807) is 19.4 Å². The minimum Gasteiger partial charge on any atom is -0.497 e. The number of rotatable bonds is 5. The number of fused-ring (bicyclic) bond motifs is 1. The number of aryl methyl sites for hydroxylation is 1. The van der Waals surface area contributed by atoms with E-state index in [1.165, 1.54) is 4.57 Å². The second-order valence-corrected chi connectivity index (χ2v) is 6.26. The van der Waals surface area contributed by atoms with Crippen LogP contribution in [0.1, 0.15) is 11.3 Å². The Balaban J connectivity index is 1.67. The average molecular weight is 343 g/mol. The van der Waals surface area contributed by atoms with Crippen molar-refractivity contribution in [1.82, 2.24) is 4.57 Å². The quantitative estimate of drug-likeness (QED) is 0.668. The lowest BCUT2D eigenvalue weighted by Gasteiger charge is -2.08. The summed E-state index contributed by atoms with van der Waals surface area (Å²) in [5, 5.41) is 3.84. The molecule has 1 heterocycles. The molecule has 0 saturated heterocycles. The number of hydrogen-bond donors (Lipinski definition) is 0. The van der Waals surface area contributed by atoms with E-state index in [4.69, 9.17) is 9.47 Å². The Hall–Kier alpha value is -2.60. The van der Waals surface area contributed by atoms with E-state index in [9.17, 15) is 9.59 Å². The molecule has 2 aromatic carbocycles. The Kier molecular flexibility index (Phi) is 4.66. The number of hydrogen-bond acceptors (Lipinski definition) is 5. The number of aromatic nitrogens is 1. The van der Waals surface area contributed by atoms with Gasteiger partial charge in [0.2, 0.25) is 0 Å². The molecule has 0 unspecified atom stereocenters. The van der Waals surface area contributed by atoms with E-state index in [0.29, 0.717) is 0 Å². The number of nitrogens with zero attached hydrogens (tertiary/aromatic N) is 1. The van der Waals surface area contributed by atoms with Crippen molar-refractivity contribution in [2.24, 2.45) is 0 Å². The first kappa shape index (κ1) is 16.3.